The highest BCUT2D eigenvalue weighted by Gasteiger charge is 2.26. The van der Waals surface area contributed by atoms with Crippen molar-refractivity contribution in [1.82, 2.24) is 10.1 Å². The minimum absolute atomic E-state index is 0.0787. The van der Waals surface area contributed by atoms with Gasteiger partial charge in [-0.3, -0.25) is 0 Å². The number of hydrogen-bond donors (Lipinski definition) is 2. The number of likely N-dealkylation sites (tertiary alicyclic amines) is 1. The maximum atomic E-state index is 12.3. The van der Waals surface area contributed by atoms with Crippen LogP contribution in [0.25, 0.3) is 0 Å². The smallest absolute Gasteiger partial charge is 0.321 e. The van der Waals surface area contributed by atoms with E-state index in [1.54, 1.807) is 6.07 Å². The summed E-state index contributed by atoms with van der Waals surface area (Å²) in [6, 6.07) is 9.26. The molecule has 1 saturated heterocycles. The molecule has 6 nitrogen and oxygen atoms in total. The van der Waals surface area contributed by atoms with E-state index in [1.165, 1.54) is 0 Å². The fourth-order valence-corrected chi connectivity index (χ4v) is 3.02. The van der Waals surface area contributed by atoms with Gasteiger partial charge in [0.1, 0.15) is 0 Å². The molecule has 22 heavy (non-hydrogen) atoms. The van der Waals surface area contributed by atoms with Crippen molar-refractivity contribution in [1.29, 1.82) is 0 Å². The molecule has 3 rings (SSSR count). The summed E-state index contributed by atoms with van der Waals surface area (Å²) in [4.78, 5) is 14.1. The normalized spacial score (nSPS) is 15.8. The van der Waals surface area contributed by atoms with Gasteiger partial charge in [0.05, 0.1) is 11.4 Å². The maximum absolute atomic E-state index is 12.3. The van der Waals surface area contributed by atoms with Gasteiger partial charge in [-0.05, 0) is 40.9 Å². The van der Waals surface area contributed by atoms with E-state index in [2.05, 4.69) is 26.4 Å². The van der Waals surface area contributed by atoms with Gasteiger partial charge >= 0.3 is 6.03 Å². The number of piperidine rings is 1. The maximum Gasteiger partial charge on any atom is 0.321 e. The summed E-state index contributed by atoms with van der Waals surface area (Å²) >= 11 is 3.43. The fraction of sp³-hybridized carbons (Fsp3) is 0.333. The zero-order valence-electron chi connectivity index (χ0n) is 12.0. The number of amides is 2. The standard InChI is InChI=1S/C15H17BrN4O2/c16-11-3-1-2-4-12(11)18-15(21)20-7-5-10(6-8-20)13-9-14(17)22-19-13/h1-4,9-10H,5-8,17H2,(H,18,21). The zero-order valence-corrected chi connectivity index (χ0v) is 13.5. The van der Waals surface area contributed by atoms with Crippen LogP contribution < -0.4 is 11.1 Å². The van der Waals surface area contributed by atoms with Crippen LogP contribution in [0, 0.1) is 0 Å². The third-order valence-electron chi connectivity index (χ3n) is 3.86. The molecule has 0 bridgehead atoms. The molecule has 2 aromatic rings. The van der Waals surface area contributed by atoms with E-state index in [4.69, 9.17) is 10.3 Å². The molecular formula is C15H17BrN4O2. The Morgan fingerprint density at radius 2 is 2.09 bits per heavy atom. The predicted octanol–water partition coefficient (Wildman–Crippen LogP) is 3.43. The van der Waals surface area contributed by atoms with Crippen LogP contribution in [0.1, 0.15) is 24.5 Å². The van der Waals surface area contributed by atoms with Gasteiger partial charge in [0, 0.05) is 29.5 Å². The number of benzene rings is 1. The summed E-state index contributed by atoms with van der Waals surface area (Å²) in [5, 5.41) is 6.89. The van der Waals surface area contributed by atoms with Crippen molar-refractivity contribution >= 4 is 33.5 Å². The number of para-hydroxylation sites is 1. The summed E-state index contributed by atoms with van der Waals surface area (Å²) in [6.07, 6.45) is 1.71. The first-order chi connectivity index (χ1) is 10.6. The molecule has 2 heterocycles. The van der Waals surface area contributed by atoms with Crippen LogP contribution in [0.5, 0.6) is 0 Å². The number of carbonyl (C=O) groups excluding carboxylic acids is 1. The minimum Gasteiger partial charge on any atom is -0.368 e. The molecular weight excluding hydrogens is 348 g/mol. The van der Waals surface area contributed by atoms with Gasteiger partial charge in [0.25, 0.3) is 0 Å². The van der Waals surface area contributed by atoms with E-state index in [0.717, 1.165) is 28.7 Å². The highest BCUT2D eigenvalue weighted by Crippen LogP contribution is 2.29. The fourth-order valence-electron chi connectivity index (χ4n) is 2.63. The van der Waals surface area contributed by atoms with Crippen molar-refractivity contribution in [2.45, 2.75) is 18.8 Å². The lowest BCUT2D eigenvalue weighted by Crippen LogP contribution is -2.40. The summed E-state index contributed by atoms with van der Waals surface area (Å²) in [7, 11) is 0. The number of urea groups is 1. The zero-order chi connectivity index (χ0) is 15.5. The van der Waals surface area contributed by atoms with Crippen molar-refractivity contribution < 1.29 is 9.32 Å². The molecule has 1 aliphatic rings. The molecule has 0 atom stereocenters. The Hall–Kier alpha value is -2.02. The lowest BCUT2D eigenvalue weighted by Gasteiger charge is -2.31. The second-order valence-electron chi connectivity index (χ2n) is 5.33. The van der Waals surface area contributed by atoms with E-state index >= 15 is 0 Å². The summed E-state index contributed by atoms with van der Waals surface area (Å²) < 4.78 is 5.79. The van der Waals surface area contributed by atoms with E-state index in [0.29, 0.717) is 24.9 Å². The van der Waals surface area contributed by atoms with Crippen molar-refractivity contribution in [3.05, 3.63) is 40.5 Å². The van der Waals surface area contributed by atoms with Crippen LogP contribution in [0.2, 0.25) is 0 Å². The monoisotopic (exact) mass is 364 g/mol. The number of carbonyl (C=O) groups is 1. The lowest BCUT2D eigenvalue weighted by molar-refractivity contribution is 0.193. The van der Waals surface area contributed by atoms with Crippen LogP contribution in [-0.2, 0) is 0 Å². The highest BCUT2D eigenvalue weighted by molar-refractivity contribution is 9.10. The number of aromatic nitrogens is 1. The van der Waals surface area contributed by atoms with Crippen LogP contribution >= 0.6 is 15.9 Å². The topological polar surface area (TPSA) is 84.4 Å². The number of rotatable bonds is 2. The molecule has 1 aliphatic heterocycles. The van der Waals surface area contributed by atoms with Gasteiger partial charge in [-0.1, -0.05) is 17.3 Å². The minimum atomic E-state index is -0.0787. The van der Waals surface area contributed by atoms with E-state index in [1.807, 2.05) is 29.2 Å². The third kappa shape index (κ3) is 3.24. The lowest BCUT2D eigenvalue weighted by atomic mass is 9.94. The SMILES string of the molecule is Nc1cc(C2CCN(C(=O)Nc3ccccc3Br)CC2)no1. The van der Waals surface area contributed by atoms with Crippen molar-refractivity contribution in [2.75, 3.05) is 24.1 Å². The molecule has 116 valence electrons. The Bertz CT molecular complexity index is 665. The molecule has 0 aliphatic carbocycles. The quantitative estimate of drug-likeness (QED) is 0.854. The second-order valence-corrected chi connectivity index (χ2v) is 6.18. The van der Waals surface area contributed by atoms with E-state index in [-0.39, 0.29) is 6.03 Å². The number of halogens is 1. The number of nitrogen functional groups attached to an aromatic ring is 1. The van der Waals surface area contributed by atoms with E-state index in [9.17, 15) is 4.79 Å². The van der Waals surface area contributed by atoms with Crippen LogP contribution in [0.15, 0.2) is 39.3 Å². The first-order valence-corrected chi connectivity index (χ1v) is 7.95. The Morgan fingerprint density at radius 3 is 2.73 bits per heavy atom. The Labute approximate surface area is 136 Å². The molecule has 1 aromatic carbocycles. The summed E-state index contributed by atoms with van der Waals surface area (Å²) in [5.41, 5.74) is 7.21. The summed E-state index contributed by atoms with van der Waals surface area (Å²) in [6.45, 7) is 1.38. The number of hydrogen-bond acceptors (Lipinski definition) is 4. The number of anilines is 2. The molecule has 0 saturated carbocycles. The van der Waals surface area contributed by atoms with Crippen molar-refractivity contribution in [2.24, 2.45) is 0 Å². The average molecular weight is 365 g/mol. The Balaban J connectivity index is 1.57. The van der Waals surface area contributed by atoms with Gasteiger partial charge < -0.3 is 20.5 Å². The first kappa shape index (κ1) is 14.9. The average Bonchev–Trinajstić information content (AvgIpc) is 2.96. The van der Waals surface area contributed by atoms with Crippen LogP contribution in [0.4, 0.5) is 16.4 Å². The molecule has 2 amide bonds. The molecule has 0 spiro atoms. The van der Waals surface area contributed by atoms with Gasteiger partial charge in [0.15, 0.2) is 0 Å². The molecule has 0 unspecified atom stereocenters. The molecule has 0 radical (unpaired) electrons. The largest absolute Gasteiger partial charge is 0.368 e. The number of nitrogens with one attached hydrogen (secondary N) is 1. The van der Waals surface area contributed by atoms with Crippen molar-refractivity contribution in [3.8, 4) is 0 Å². The van der Waals surface area contributed by atoms with Gasteiger partial charge in [-0.25, -0.2) is 4.79 Å². The van der Waals surface area contributed by atoms with Gasteiger partial charge in [-0.15, -0.1) is 0 Å². The molecule has 3 N–H and O–H groups in total. The van der Waals surface area contributed by atoms with Crippen molar-refractivity contribution in [3.63, 3.8) is 0 Å². The molecule has 7 heteroatoms. The molecule has 1 aromatic heterocycles. The molecule has 1 fully saturated rings. The highest BCUT2D eigenvalue weighted by atomic mass is 79.9. The third-order valence-corrected chi connectivity index (χ3v) is 4.55. The Kier molecular flexibility index (Phi) is 4.33. The second kappa shape index (κ2) is 6.39. The van der Waals surface area contributed by atoms with Crippen LogP contribution in [-0.4, -0.2) is 29.2 Å². The van der Waals surface area contributed by atoms with Gasteiger partial charge in [-0.2, -0.15) is 0 Å². The van der Waals surface area contributed by atoms with E-state index < -0.39 is 0 Å². The van der Waals surface area contributed by atoms with Gasteiger partial charge in [0.2, 0.25) is 5.88 Å². The predicted molar refractivity (Wildman–Crippen MR) is 87.6 cm³/mol. The first-order valence-electron chi connectivity index (χ1n) is 7.16. The number of nitrogens with zero attached hydrogens (tertiary/aromatic N) is 2. The summed E-state index contributed by atoms with van der Waals surface area (Å²) in [5.74, 6) is 0.637. The Morgan fingerprint density at radius 1 is 1.36 bits per heavy atom. The number of nitrogens with two attached hydrogens (primary N) is 1. The van der Waals surface area contributed by atoms with Crippen LogP contribution in [0.3, 0.4) is 0 Å².